The van der Waals surface area contributed by atoms with E-state index in [1.165, 1.54) is 24.3 Å². The Balaban J connectivity index is 2.56. The first-order valence-electron chi connectivity index (χ1n) is 5.57. The van der Waals surface area contributed by atoms with Crippen molar-refractivity contribution in [2.24, 2.45) is 0 Å². The van der Waals surface area contributed by atoms with Crippen LogP contribution in [-0.2, 0) is 14.8 Å². The van der Waals surface area contributed by atoms with Crippen LogP contribution in [0.25, 0.3) is 0 Å². The van der Waals surface area contributed by atoms with Crippen molar-refractivity contribution in [2.45, 2.75) is 17.8 Å². The first kappa shape index (κ1) is 14.6. The minimum Gasteiger partial charge on any atom is -0.481 e. The molecule has 0 saturated heterocycles. The monoisotopic (exact) mass is 309 g/mol. The van der Waals surface area contributed by atoms with Crippen molar-refractivity contribution in [3.05, 3.63) is 29.8 Å². The Bertz CT molecular complexity index is 641. The SMILES string of the molecule is O=C(O)C1CCN(S(=O)(=O)C(F)(F)F)c2ccccc21. The number of halogens is 3. The van der Waals surface area contributed by atoms with Crippen LogP contribution in [0.3, 0.4) is 0 Å². The number of anilines is 1. The Morgan fingerprint density at radius 2 is 1.90 bits per heavy atom. The number of para-hydroxylation sites is 1. The van der Waals surface area contributed by atoms with Gasteiger partial charge in [-0.05, 0) is 18.1 Å². The fourth-order valence-electron chi connectivity index (χ4n) is 2.16. The smallest absolute Gasteiger partial charge is 0.481 e. The van der Waals surface area contributed by atoms with E-state index >= 15 is 0 Å². The highest BCUT2D eigenvalue weighted by Gasteiger charge is 2.51. The molecule has 0 amide bonds. The quantitative estimate of drug-likeness (QED) is 0.905. The molecule has 1 aliphatic rings. The lowest BCUT2D eigenvalue weighted by Crippen LogP contribution is -2.44. The van der Waals surface area contributed by atoms with Crippen molar-refractivity contribution >= 4 is 21.7 Å². The van der Waals surface area contributed by atoms with E-state index in [2.05, 4.69) is 0 Å². The number of aliphatic carboxylic acids is 1. The van der Waals surface area contributed by atoms with Crippen molar-refractivity contribution in [2.75, 3.05) is 10.8 Å². The molecule has 2 rings (SSSR count). The van der Waals surface area contributed by atoms with E-state index in [0.717, 1.165) is 0 Å². The van der Waals surface area contributed by atoms with Gasteiger partial charge in [-0.15, -0.1) is 0 Å². The van der Waals surface area contributed by atoms with Crippen LogP contribution < -0.4 is 4.31 Å². The highest BCUT2D eigenvalue weighted by atomic mass is 32.2. The molecule has 1 aliphatic heterocycles. The minimum absolute atomic E-state index is 0.0686. The van der Waals surface area contributed by atoms with Crippen LogP contribution >= 0.6 is 0 Å². The Morgan fingerprint density at radius 3 is 2.45 bits per heavy atom. The van der Waals surface area contributed by atoms with Gasteiger partial charge >= 0.3 is 21.5 Å². The van der Waals surface area contributed by atoms with Gasteiger partial charge in [-0.1, -0.05) is 18.2 Å². The fraction of sp³-hybridized carbons (Fsp3) is 0.364. The molecule has 0 aliphatic carbocycles. The Kier molecular flexibility index (Phi) is 3.41. The van der Waals surface area contributed by atoms with Gasteiger partial charge in [0.15, 0.2) is 0 Å². The van der Waals surface area contributed by atoms with E-state index in [1.54, 1.807) is 0 Å². The molecular formula is C11H10F3NO4S. The van der Waals surface area contributed by atoms with Gasteiger partial charge < -0.3 is 5.11 Å². The summed E-state index contributed by atoms with van der Waals surface area (Å²) in [7, 11) is -5.52. The molecule has 1 unspecified atom stereocenters. The summed E-state index contributed by atoms with van der Waals surface area (Å²) in [6.45, 7) is -0.518. The lowest BCUT2D eigenvalue weighted by molar-refractivity contribution is -0.139. The molecule has 0 spiro atoms. The Labute approximate surface area is 112 Å². The van der Waals surface area contributed by atoms with Crippen LogP contribution in [0.15, 0.2) is 24.3 Å². The average Bonchev–Trinajstić information content (AvgIpc) is 2.35. The molecule has 0 radical (unpaired) electrons. The van der Waals surface area contributed by atoms with E-state index in [0.29, 0.717) is 0 Å². The number of benzene rings is 1. The first-order chi connectivity index (χ1) is 9.16. The van der Waals surface area contributed by atoms with Crippen molar-refractivity contribution < 1.29 is 31.5 Å². The summed E-state index contributed by atoms with van der Waals surface area (Å²) < 4.78 is 61.1. The van der Waals surface area contributed by atoms with Crippen molar-refractivity contribution in [3.63, 3.8) is 0 Å². The number of hydrogen-bond donors (Lipinski definition) is 1. The molecular weight excluding hydrogens is 299 g/mol. The molecule has 0 aromatic heterocycles. The molecule has 20 heavy (non-hydrogen) atoms. The van der Waals surface area contributed by atoms with Crippen LogP contribution in [0, 0.1) is 0 Å². The average molecular weight is 309 g/mol. The number of fused-ring (bicyclic) bond motifs is 1. The lowest BCUT2D eigenvalue weighted by atomic mass is 9.91. The summed E-state index contributed by atoms with van der Waals surface area (Å²) in [5, 5.41) is 9.04. The van der Waals surface area contributed by atoms with Crippen LogP contribution in [-0.4, -0.2) is 31.5 Å². The molecule has 1 aromatic carbocycles. The van der Waals surface area contributed by atoms with Gasteiger partial charge in [0.2, 0.25) is 0 Å². The predicted molar refractivity (Wildman–Crippen MR) is 63.8 cm³/mol. The van der Waals surface area contributed by atoms with Gasteiger partial charge in [0.25, 0.3) is 0 Å². The molecule has 9 heteroatoms. The molecule has 0 fully saturated rings. The summed E-state index contributed by atoms with van der Waals surface area (Å²) in [5.41, 5.74) is -5.58. The third kappa shape index (κ3) is 2.21. The van der Waals surface area contributed by atoms with E-state index < -0.39 is 34.0 Å². The highest BCUT2D eigenvalue weighted by molar-refractivity contribution is 7.93. The van der Waals surface area contributed by atoms with Gasteiger partial charge in [0, 0.05) is 6.54 Å². The lowest BCUT2D eigenvalue weighted by Gasteiger charge is -2.33. The van der Waals surface area contributed by atoms with Gasteiger partial charge in [0.05, 0.1) is 11.6 Å². The number of rotatable bonds is 2. The number of carboxylic acid groups (broad SMARTS) is 1. The first-order valence-corrected chi connectivity index (χ1v) is 7.01. The Morgan fingerprint density at radius 1 is 1.30 bits per heavy atom. The topological polar surface area (TPSA) is 74.7 Å². The second-order valence-corrected chi connectivity index (χ2v) is 6.12. The Hall–Kier alpha value is -1.77. The van der Waals surface area contributed by atoms with Crippen LogP contribution in [0.5, 0.6) is 0 Å². The maximum atomic E-state index is 12.6. The zero-order valence-electron chi connectivity index (χ0n) is 9.96. The molecule has 1 atom stereocenters. The largest absolute Gasteiger partial charge is 0.516 e. The molecule has 1 N–H and O–H groups in total. The van der Waals surface area contributed by atoms with Crippen molar-refractivity contribution in [3.8, 4) is 0 Å². The summed E-state index contributed by atoms with van der Waals surface area (Å²) in [4.78, 5) is 11.1. The highest BCUT2D eigenvalue weighted by Crippen LogP contribution is 2.40. The summed E-state index contributed by atoms with van der Waals surface area (Å²) in [6.07, 6.45) is -0.207. The predicted octanol–water partition coefficient (Wildman–Crippen LogP) is 1.91. The molecule has 1 heterocycles. The maximum Gasteiger partial charge on any atom is 0.516 e. The minimum atomic E-state index is -5.52. The van der Waals surface area contributed by atoms with Crippen LogP contribution in [0.1, 0.15) is 17.9 Å². The normalized spacial score (nSPS) is 19.6. The van der Waals surface area contributed by atoms with Crippen molar-refractivity contribution in [1.82, 2.24) is 0 Å². The summed E-state index contributed by atoms with van der Waals surface area (Å²) in [6, 6.07) is 5.32. The molecule has 5 nitrogen and oxygen atoms in total. The van der Waals surface area contributed by atoms with Crippen molar-refractivity contribution in [1.29, 1.82) is 0 Å². The fourth-order valence-corrected chi connectivity index (χ4v) is 3.18. The van der Waals surface area contributed by atoms with E-state index in [-0.39, 0.29) is 22.0 Å². The van der Waals surface area contributed by atoms with Gasteiger partial charge in [-0.25, -0.2) is 0 Å². The molecule has 1 aromatic rings. The third-order valence-electron chi connectivity index (χ3n) is 3.08. The van der Waals surface area contributed by atoms with E-state index in [9.17, 15) is 26.4 Å². The zero-order chi connectivity index (χ0) is 15.1. The second-order valence-electron chi connectivity index (χ2n) is 4.26. The van der Waals surface area contributed by atoms with E-state index in [1.807, 2.05) is 0 Å². The molecule has 0 bridgehead atoms. The van der Waals surface area contributed by atoms with Gasteiger partial charge in [0.1, 0.15) is 0 Å². The third-order valence-corrected chi connectivity index (χ3v) is 4.63. The van der Waals surface area contributed by atoms with Crippen LogP contribution in [0.2, 0.25) is 0 Å². The van der Waals surface area contributed by atoms with Crippen LogP contribution in [0.4, 0.5) is 18.9 Å². The molecule has 0 saturated carbocycles. The maximum absolute atomic E-state index is 12.6. The zero-order valence-corrected chi connectivity index (χ0v) is 10.8. The number of alkyl halides is 3. The number of nitrogens with zero attached hydrogens (tertiary/aromatic N) is 1. The number of hydrogen-bond acceptors (Lipinski definition) is 3. The summed E-state index contributed by atoms with van der Waals surface area (Å²) in [5.74, 6) is -2.20. The number of carbonyl (C=O) groups is 1. The number of sulfonamides is 1. The van der Waals surface area contributed by atoms with Gasteiger partial charge in [-0.3, -0.25) is 9.10 Å². The number of carboxylic acids is 1. The summed E-state index contributed by atoms with van der Waals surface area (Å²) >= 11 is 0. The standard InChI is InChI=1S/C11H10F3NO4S/c12-11(13,14)20(18,19)15-6-5-8(10(16)17)7-3-1-2-4-9(7)15/h1-4,8H,5-6H2,(H,16,17). The second kappa shape index (κ2) is 4.65. The van der Waals surface area contributed by atoms with E-state index in [4.69, 9.17) is 5.11 Å². The molecule has 110 valence electrons. The van der Waals surface area contributed by atoms with Gasteiger partial charge in [-0.2, -0.15) is 21.6 Å².